The first-order chi connectivity index (χ1) is 12.2. The summed E-state index contributed by atoms with van der Waals surface area (Å²) in [6.45, 7) is 5.10. The predicted octanol–water partition coefficient (Wildman–Crippen LogP) is 3.55. The van der Waals surface area contributed by atoms with Gasteiger partial charge in [0.2, 0.25) is 0 Å². The summed E-state index contributed by atoms with van der Waals surface area (Å²) in [5.41, 5.74) is 2.93. The largest absolute Gasteiger partial charge is 0.488 e. The number of carbonyl (C=O) groups is 1. The Bertz CT molecular complexity index is 784. The van der Waals surface area contributed by atoms with Crippen LogP contribution in [-0.2, 0) is 0 Å². The topological polar surface area (TPSA) is 45.7 Å². The SMILES string of the molecule is Cc1cccc(N2CCOc3cc(C(=O)N4CCCCC4)cnc32)c1. The zero-order valence-electron chi connectivity index (χ0n) is 14.6. The second kappa shape index (κ2) is 6.75. The smallest absolute Gasteiger partial charge is 0.255 e. The van der Waals surface area contributed by atoms with Crippen molar-refractivity contribution in [3.05, 3.63) is 47.7 Å². The number of pyridine rings is 1. The number of piperidine rings is 1. The van der Waals surface area contributed by atoms with Crippen LogP contribution in [0, 0.1) is 6.92 Å². The van der Waals surface area contributed by atoms with E-state index in [-0.39, 0.29) is 5.91 Å². The number of nitrogens with zero attached hydrogens (tertiary/aromatic N) is 3. The maximum absolute atomic E-state index is 12.7. The Morgan fingerprint density at radius 1 is 1.12 bits per heavy atom. The molecule has 0 aliphatic carbocycles. The number of benzene rings is 1. The molecule has 1 saturated heterocycles. The van der Waals surface area contributed by atoms with E-state index in [0.29, 0.717) is 17.9 Å². The second-order valence-electron chi connectivity index (χ2n) is 6.74. The molecule has 1 amide bonds. The maximum atomic E-state index is 12.7. The van der Waals surface area contributed by atoms with Gasteiger partial charge in [0.05, 0.1) is 12.1 Å². The Kier molecular flexibility index (Phi) is 4.30. The fourth-order valence-electron chi connectivity index (χ4n) is 3.54. The van der Waals surface area contributed by atoms with Crippen LogP contribution in [0.5, 0.6) is 5.75 Å². The number of rotatable bonds is 2. The summed E-state index contributed by atoms with van der Waals surface area (Å²) in [6, 6.07) is 10.2. The van der Waals surface area contributed by atoms with E-state index in [2.05, 4.69) is 35.0 Å². The highest BCUT2D eigenvalue weighted by Gasteiger charge is 2.25. The van der Waals surface area contributed by atoms with Gasteiger partial charge in [0, 0.05) is 25.0 Å². The minimum Gasteiger partial charge on any atom is -0.488 e. The Labute approximate surface area is 148 Å². The highest BCUT2D eigenvalue weighted by atomic mass is 16.5. The Balaban J connectivity index is 1.63. The molecule has 2 aliphatic heterocycles. The van der Waals surface area contributed by atoms with Gasteiger partial charge in [-0.25, -0.2) is 4.98 Å². The molecule has 2 aliphatic rings. The lowest BCUT2D eigenvalue weighted by Gasteiger charge is -2.31. The summed E-state index contributed by atoms with van der Waals surface area (Å²) in [4.78, 5) is 21.4. The highest BCUT2D eigenvalue weighted by molar-refractivity contribution is 5.95. The van der Waals surface area contributed by atoms with E-state index < -0.39 is 0 Å². The first kappa shape index (κ1) is 15.9. The third-order valence-corrected chi connectivity index (χ3v) is 4.86. The van der Waals surface area contributed by atoms with Crippen LogP contribution in [0.4, 0.5) is 11.5 Å². The predicted molar refractivity (Wildman–Crippen MR) is 97.7 cm³/mol. The summed E-state index contributed by atoms with van der Waals surface area (Å²) in [5.74, 6) is 1.54. The van der Waals surface area contributed by atoms with Gasteiger partial charge >= 0.3 is 0 Å². The van der Waals surface area contributed by atoms with Crippen molar-refractivity contribution in [1.29, 1.82) is 0 Å². The van der Waals surface area contributed by atoms with Gasteiger partial charge in [-0.05, 0) is 49.9 Å². The van der Waals surface area contributed by atoms with Crippen LogP contribution < -0.4 is 9.64 Å². The van der Waals surface area contributed by atoms with E-state index in [1.54, 1.807) is 6.20 Å². The van der Waals surface area contributed by atoms with Gasteiger partial charge in [-0.3, -0.25) is 4.79 Å². The van der Waals surface area contributed by atoms with Crippen molar-refractivity contribution in [2.45, 2.75) is 26.2 Å². The molecule has 0 N–H and O–H groups in total. The fraction of sp³-hybridized carbons (Fsp3) is 0.400. The molecule has 130 valence electrons. The van der Waals surface area contributed by atoms with Crippen molar-refractivity contribution >= 4 is 17.4 Å². The molecule has 0 spiro atoms. The molecular weight excluding hydrogens is 314 g/mol. The summed E-state index contributed by atoms with van der Waals surface area (Å²) in [6.07, 6.45) is 5.07. The standard InChI is InChI=1S/C20H23N3O2/c1-15-6-5-7-17(12-15)23-10-11-25-18-13-16(14-21-19(18)23)20(24)22-8-3-2-4-9-22/h5-7,12-14H,2-4,8-11H2,1H3. The van der Waals surface area contributed by atoms with Crippen molar-refractivity contribution < 1.29 is 9.53 Å². The van der Waals surface area contributed by atoms with Crippen molar-refractivity contribution in [3.63, 3.8) is 0 Å². The molecule has 1 aromatic heterocycles. The number of hydrogen-bond donors (Lipinski definition) is 0. The van der Waals surface area contributed by atoms with E-state index in [0.717, 1.165) is 44.0 Å². The van der Waals surface area contributed by atoms with Gasteiger partial charge in [-0.2, -0.15) is 0 Å². The molecule has 2 aromatic rings. The van der Waals surface area contributed by atoms with Gasteiger partial charge in [-0.15, -0.1) is 0 Å². The lowest BCUT2D eigenvalue weighted by molar-refractivity contribution is 0.0723. The summed E-state index contributed by atoms with van der Waals surface area (Å²) in [7, 11) is 0. The lowest BCUT2D eigenvalue weighted by atomic mass is 10.1. The normalized spacial score (nSPS) is 17.0. The summed E-state index contributed by atoms with van der Waals surface area (Å²) < 4.78 is 5.81. The Morgan fingerprint density at radius 3 is 2.76 bits per heavy atom. The zero-order valence-corrected chi connectivity index (χ0v) is 14.6. The quantitative estimate of drug-likeness (QED) is 0.841. The molecule has 1 aromatic carbocycles. The van der Waals surface area contributed by atoms with Crippen LogP contribution in [0.2, 0.25) is 0 Å². The Hall–Kier alpha value is -2.56. The molecule has 5 heteroatoms. The van der Waals surface area contributed by atoms with Gasteiger partial charge < -0.3 is 14.5 Å². The van der Waals surface area contributed by atoms with Crippen molar-refractivity contribution in [1.82, 2.24) is 9.88 Å². The molecule has 0 radical (unpaired) electrons. The minimum absolute atomic E-state index is 0.0614. The number of aromatic nitrogens is 1. The second-order valence-corrected chi connectivity index (χ2v) is 6.74. The average molecular weight is 337 g/mol. The number of anilines is 2. The van der Waals surface area contributed by atoms with Gasteiger partial charge in [0.15, 0.2) is 11.6 Å². The first-order valence-corrected chi connectivity index (χ1v) is 8.99. The van der Waals surface area contributed by atoms with Gasteiger partial charge in [0.25, 0.3) is 5.91 Å². The van der Waals surface area contributed by atoms with E-state index in [9.17, 15) is 4.79 Å². The molecule has 3 heterocycles. The minimum atomic E-state index is 0.0614. The number of likely N-dealkylation sites (tertiary alicyclic amines) is 1. The van der Waals surface area contributed by atoms with Crippen molar-refractivity contribution in [3.8, 4) is 5.75 Å². The molecular formula is C20H23N3O2. The van der Waals surface area contributed by atoms with Crippen LogP contribution in [0.25, 0.3) is 0 Å². The summed E-state index contributed by atoms with van der Waals surface area (Å²) >= 11 is 0. The zero-order chi connectivity index (χ0) is 17.2. The number of aryl methyl sites for hydroxylation is 1. The third kappa shape index (κ3) is 3.18. The van der Waals surface area contributed by atoms with Gasteiger partial charge in [-0.1, -0.05) is 12.1 Å². The molecule has 0 bridgehead atoms. The van der Waals surface area contributed by atoms with Crippen LogP contribution >= 0.6 is 0 Å². The van der Waals surface area contributed by atoms with Crippen LogP contribution in [0.15, 0.2) is 36.5 Å². The molecule has 25 heavy (non-hydrogen) atoms. The number of amides is 1. The maximum Gasteiger partial charge on any atom is 0.255 e. The van der Waals surface area contributed by atoms with E-state index >= 15 is 0 Å². The summed E-state index contributed by atoms with van der Waals surface area (Å²) in [5, 5.41) is 0. The first-order valence-electron chi connectivity index (χ1n) is 8.99. The molecule has 5 nitrogen and oxygen atoms in total. The van der Waals surface area contributed by atoms with Crippen molar-refractivity contribution in [2.75, 3.05) is 31.1 Å². The molecule has 1 fully saturated rings. The number of carbonyl (C=O) groups excluding carboxylic acids is 1. The molecule has 4 rings (SSSR count). The molecule has 0 unspecified atom stereocenters. The lowest BCUT2D eigenvalue weighted by Crippen LogP contribution is -2.36. The van der Waals surface area contributed by atoms with E-state index in [1.165, 1.54) is 12.0 Å². The highest BCUT2D eigenvalue weighted by Crippen LogP contribution is 2.35. The van der Waals surface area contributed by atoms with Crippen LogP contribution in [0.3, 0.4) is 0 Å². The number of ether oxygens (including phenoxy) is 1. The molecule has 0 saturated carbocycles. The van der Waals surface area contributed by atoms with Crippen LogP contribution in [0.1, 0.15) is 35.2 Å². The number of hydrogen-bond acceptors (Lipinski definition) is 4. The molecule has 0 atom stereocenters. The van der Waals surface area contributed by atoms with E-state index in [1.807, 2.05) is 17.0 Å². The monoisotopic (exact) mass is 337 g/mol. The van der Waals surface area contributed by atoms with Gasteiger partial charge in [0.1, 0.15) is 6.61 Å². The number of fused-ring (bicyclic) bond motifs is 1. The van der Waals surface area contributed by atoms with Crippen molar-refractivity contribution in [2.24, 2.45) is 0 Å². The Morgan fingerprint density at radius 2 is 1.96 bits per heavy atom. The average Bonchev–Trinajstić information content (AvgIpc) is 2.67. The van der Waals surface area contributed by atoms with E-state index in [4.69, 9.17) is 4.74 Å². The van der Waals surface area contributed by atoms with Crippen LogP contribution in [-0.4, -0.2) is 42.0 Å². The third-order valence-electron chi connectivity index (χ3n) is 4.86. The fourth-order valence-corrected chi connectivity index (χ4v) is 3.54.